The zero-order chi connectivity index (χ0) is 29.4. The topological polar surface area (TPSA) is 158 Å². The maximum atomic E-state index is 13.5. The molecule has 0 spiro atoms. The van der Waals surface area contributed by atoms with Gasteiger partial charge in [0, 0.05) is 13.3 Å². The highest BCUT2D eigenvalue weighted by molar-refractivity contribution is 7.19. The molecule has 0 radical (unpaired) electrons. The Kier molecular flexibility index (Phi) is 10.3. The second kappa shape index (κ2) is 13.5. The van der Waals surface area contributed by atoms with Crippen molar-refractivity contribution in [1.82, 2.24) is 14.9 Å². The highest BCUT2D eigenvalue weighted by Crippen LogP contribution is 2.36. The van der Waals surface area contributed by atoms with E-state index in [-0.39, 0.29) is 40.3 Å². The van der Waals surface area contributed by atoms with Gasteiger partial charge >= 0.3 is 12.5 Å². The Balaban J connectivity index is 1.79. The number of thiazole rings is 1. The van der Waals surface area contributed by atoms with Gasteiger partial charge in [-0.05, 0) is 43.2 Å². The Morgan fingerprint density at radius 3 is 2.70 bits per heavy atom. The summed E-state index contributed by atoms with van der Waals surface area (Å²) in [6.45, 7) is -0.130. The number of methoxy groups -OCH3 is 1. The van der Waals surface area contributed by atoms with Crippen LogP contribution in [0.5, 0.6) is 5.75 Å². The number of hydrogen-bond donors (Lipinski definition) is 4. The van der Waals surface area contributed by atoms with Gasteiger partial charge in [0.05, 0.1) is 22.8 Å². The number of carbonyl (C=O) groups is 2. The van der Waals surface area contributed by atoms with Gasteiger partial charge in [0.1, 0.15) is 16.4 Å². The lowest BCUT2D eigenvalue weighted by Gasteiger charge is -2.20. The fourth-order valence-electron chi connectivity index (χ4n) is 3.42. The molecule has 0 saturated carbocycles. The number of amides is 2. The maximum absolute atomic E-state index is 13.5. The van der Waals surface area contributed by atoms with E-state index in [4.69, 9.17) is 10.5 Å². The molecule has 0 fully saturated rings. The van der Waals surface area contributed by atoms with E-state index < -0.39 is 48.1 Å². The van der Waals surface area contributed by atoms with Crippen LogP contribution in [-0.2, 0) is 20.9 Å². The molecule has 40 heavy (non-hydrogen) atoms. The summed E-state index contributed by atoms with van der Waals surface area (Å²) in [5.74, 6) is -1.83. The van der Waals surface area contributed by atoms with Gasteiger partial charge in [-0.2, -0.15) is 17.6 Å². The number of aliphatic hydroxyl groups excluding tert-OH is 1. The summed E-state index contributed by atoms with van der Waals surface area (Å²) < 4.78 is 62.4. The smallest absolute Gasteiger partial charge is 0.427 e. The van der Waals surface area contributed by atoms with Crippen LogP contribution in [0.15, 0.2) is 53.5 Å². The largest absolute Gasteiger partial charge is 0.461 e. The number of hydrogen-bond acceptors (Lipinski definition) is 9. The standard InChI is InChI=1S/C24H25F4N5O6S/c1-38-23(37)32-14(6-2-3-10-17(29)34)20(35)31-15-8-5-11-33(21(15)36)12-18-30-13-7-4-9-16(19(13)40-18)39-24(27,28)22(25)26/h3-5,7-11,14,22-23,32,37H,2,6,12H2,1H3,(H2,29,34)(H,31,35)/b10-3+/t14-,23?/m0/s1. The van der Waals surface area contributed by atoms with Gasteiger partial charge < -0.3 is 30.2 Å². The molecule has 0 bridgehead atoms. The van der Waals surface area contributed by atoms with Crippen LogP contribution in [0.2, 0.25) is 0 Å². The number of ether oxygens (including phenoxy) is 2. The lowest BCUT2D eigenvalue weighted by molar-refractivity contribution is -0.252. The molecule has 2 heterocycles. The summed E-state index contributed by atoms with van der Waals surface area (Å²) in [5.41, 5.74) is 4.50. The predicted molar refractivity (Wildman–Crippen MR) is 137 cm³/mol. The van der Waals surface area contributed by atoms with Crippen molar-refractivity contribution in [2.45, 2.75) is 44.4 Å². The molecule has 0 aliphatic rings. The lowest BCUT2D eigenvalue weighted by Crippen LogP contribution is -2.47. The number of fused-ring (bicyclic) bond motifs is 1. The molecule has 2 aromatic heterocycles. The summed E-state index contributed by atoms with van der Waals surface area (Å²) in [4.78, 5) is 41.1. The van der Waals surface area contributed by atoms with Crippen molar-refractivity contribution in [3.63, 3.8) is 0 Å². The zero-order valence-electron chi connectivity index (χ0n) is 20.9. The van der Waals surface area contributed by atoms with Crippen LogP contribution in [0.4, 0.5) is 23.2 Å². The fraction of sp³-hybridized carbons (Fsp3) is 0.333. The number of nitrogens with two attached hydrogens (primary N) is 1. The first-order valence-corrected chi connectivity index (χ1v) is 12.4. The molecule has 0 aliphatic heterocycles. The van der Waals surface area contributed by atoms with Crippen molar-refractivity contribution in [3.05, 3.63) is 64.0 Å². The average Bonchev–Trinajstić information content (AvgIpc) is 3.31. The number of aliphatic hydroxyl groups is 1. The van der Waals surface area contributed by atoms with E-state index in [0.717, 1.165) is 23.5 Å². The van der Waals surface area contributed by atoms with E-state index in [0.29, 0.717) is 0 Å². The van der Waals surface area contributed by atoms with Crippen LogP contribution in [0.3, 0.4) is 0 Å². The molecule has 1 aromatic carbocycles. The monoisotopic (exact) mass is 587 g/mol. The number of halogens is 4. The second-order valence-corrected chi connectivity index (χ2v) is 9.29. The summed E-state index contributed by atoms with van der Waals surface area (Å²) in [7, 11) is 1.21. The van der Waals surface area contributed by atoms with Crippen LogP contribution in [0.25, 0.3) is 10.2 Å². The fourth-order valence-corrected chi connectivity index (χ4v) is 4.44. The first-order chi connectivity index (χ1) is 18.9. The van der Waals surface area contributed by atoms with E-state index in [1.807, 2.05) is 0 Å². The summed E-state index contributed by atoms with van der Waals surface area (Å²) in [5, 5.41) is 15.0. The van der Waals surface area contributed by atoms with Gasteiger partial charge in [-0.15, -0.1) is 11.3 Å². The third-order valence-corrected chi connectivity index (χ3v) is 6.36. The number of nitrogens with one attached hydrogen (secondary N) is 2. The van der Waals surface area contributed by atoms with E-state index in [1.54, 1.807) is 0 Å². The molecule has 0 saturated heterocycles. The average molecular weight is 588 g/mol. The quantitative estimate of drug-likeness (QED) is 0.127. The number of carbonyl (C=O) groups excluding carboxylic acids is 2. The molecular formula is C24H25F4N5O6S. The minimum atomic E-state index is -4.70. The molecule has 0 aliphatic carbocycles. The van der Waals surface area contributed by atoms with Gasteiger partial charge in [0.15, 0.2) is 0 Å². The SMILES string of the molecule is COC(O)N[C@@H](CC/C=C/C(N)=O)C(=O)Nc1cccn(Cc2nc3cccc(OC(F)(F)C(F)F)c3s2)c1=O. The summed E-state index contributed by atoms with van der Waals surface area (Å²) in [6, 6.07) is 5.70. The van der Waals surface area contributed by atoms with Crippen molar-refractivity contribution in [1.29, 1.82) is 0 Å². The van der Waals surface area contributed by atoms with Gasteiger partial charge in [-0.25, -0.2) is 4.98 Å². The van der Waals surface area contributed by atoms with Crippen LogP contribution in [0.1, 0.15) is 17.8 Å². The summed E-state index contributed by atoms with van der Waals surface area (Å²) in [6.07, 6.45) is -5.91. The molecule has 2 atom stereocenters. The summed E-state index contributed by atoms with van der Waals surface area (Å²) >= 11 is 0.875. The van der Waals surface area contributed by atoms with Crippen LogP contribution >= 0.6 is 11.3 Å². The molecular weight excluding hydrogens is 562 g/mol. The normalized spacial score (nSPS) is 13.6. The highest BCUT2D eigenvalue weighted by Gasteiger charge is 2.44. The van der Waals surface area contributed by atoms with Crippen LogP contribution in [-0.4, -0.2) is 58.6 Å². The van der Waals surface area contributed by atoms with Crippen LogP contribution in [0, 0.1) is 0 Å². The van der Waals surface area contributed by atoms with Crippen molar-refractivity contribution in [2.75, 3.05) is 12.4 Å². The molecule has 11 nitrogen and oxygen atoms in total. The number of allylic oxidation sites excluding steroid dienone is 1. The molecule has 16 heteroatoms. The van der Waals surface area contributed by atoms with E-state index >= 15 is 0 Å². The van der Waals surface area contributed by atoms with Crippen molar-refractivity contribution in [2.24, 2.45) is 5.73 Å². The number of anilines is 1. The third-order valence-electron chi connectivity index (χ3n) is 5.29. The highest BCUT2D eigenvalue weighted by atomic mass is 32.1. The van der Waals surface area contributed by atoms with E-state index in [1.165, 1.54) is 48.2 Å². The minimum Gasteiger partial charge on any atom is -0.427 e. The Hall–Kier alpha value is -3.86. The van der Waals surface area contributed by atoms with Gasteiger partial charge in [-0.3, -0.25) is 19.7 Å². The molecule has 3 aromatic rings. The van der Waals surface area contributed by atoms with Gasteiger partial charge in [0.2, 0.25) is 18.2 Å². The predicted octanol–water partition coefficient (Wildman–Crippen LogP) is 2.38. The first kappa shape index (κ1) is 30.7. The lowest BCUT2D eigenvalue weighted by atomic mass is 10.1. The number of benzene rings is 1. The Morgan fingerprint density at radius 1 is 1.27 bits per heavy atom. The molecule has 3 rings (SSSR count). The maximum Gasteiger partial charge on any atom is 0.461 e. The van der Waals surface area contributed by atoms with E-state index in [2.05, 4.69) is 20.4 Å². The Morgan fingerprint density at radius 2 is 2.02 bits per heavy atom. The number of rotatable bonds is 14. The Labute approximate surface area is 228 Å². The van der Waals surface area contributed by atoms with Crippen molar-refractivity contribution >= 4 is 39.1 Å². The Bertz CT molecular complexity index is 1430. The molecule has 2 amide bonds. The van der Waals surface area contributed by atoms with Crippen molar-refractivity contribution < 1.29 is 41.7 Å². The number of pyridine rings is 1. The zero-order valence-corrected chi connectivity index (χ0v) is 21.7. The van der Waals surface area contributed by atoms with E-state index in [9.17, 15) is 37.1 Å². The molecule has 1 unspecified atom stereocenters. The molecule has 216 valence electrons. The second-order valence-electron chi connectivity index (χ2n) is 8.21. The minimum absolute atomic E-state index is 0.0892. The molecule has 5 N–H and O–H groups in total. The number of alkyl halides is 4. The van der Waals surface area contributed by atoms with Crippen molar-refractivity contribution in [3.8, 4) is 5.75 Å². The number of nitrogens with zero attached hydrogens (tertiary/aromatic N) is 2. The number of aromatic nitrogens is 2. The van der Waals surface area contributed by atoms with Crippen LogP contribution < -0.4 is 26.7 Å². The third kappa shape index (κ3) is 8.08. The first-order valence-electron chi connectivity index (χ1n) is 11.6. The van der Waals surface area contributed by atoms with Gasteiger partial charge in [0.25, 0.3) is 5.56 Å². The van der Waals surface area contributed by atoms with Gasteiger partial charge in [-0.1, -0.05) is 12.1 Å². The number of primary amides is 1.